The van der Waals surface area contributed by atoms with Crippen molar-refractivity contribution in [2.45, 2.75) is 96.4 Å². The second-order valence-corrected chi connectivity index (χ2v) is 11.6. The number of epoxide rings is 1. The summed E-state index contributed by atoms with van der Waals surface area (Å²) in [4.78, 5) is 36.6. The van der Waals surface area contributed by atoms with E-state index in [0.717, 1.165) is 18.4 Å². The van der Waals surface area contributed by atoms with Gasteiger partial charge in [-0.05, 0) is 57.4 Å². The van der Waals surface area contributed by atoms with Gasteiger partial charge in [0.15, 0.2) is 5.78 Å². The molecule has 5 aliphatic rings. The van der Waals surface area contributed by atoms with Crippen LogP contribution in [0.2, 0.25) is 0 Å². The molecule has 9 heteroatoms. The molecule has 0 radical (unpaired) electrons. The van der Waals surface area contributed by atoms with Gasteiger partial charge in [0, 0.05) is 35.0 Å². The molecule has 5 rings (SSSR count). The number of Topliss-reactive ketones (excluding diaryl/α,β-unsaturated/α-hetero) is 1. The number of aliphatic carboxylic acids is 1. The van der Waals surface area contributed by atoms with E-state index in [0.29, 0.717) is 25.7 Å². The predicted molar refractivity (Wildman–Crippen MR) is 155 cm³/mol. The fourth-order valence-electron chi connectivity index (χ4n) is 9.07. The highest BCUT2D eigenvalue weighted by molar-refractivity contribution is 7.59. The van der Waals surface area contributed by atoms with Crippen molar-refractivity contribution in [1.82, 2.24) is 0 Å². The normalized spacial score (nSPS) is 45.2. The zero-order chi connectivity index (χ0) is 24.6. The average Bonchev–Trinajstić information content (AvgIpc) is 3.42. The van der Waals surface area contributed by atoms with Gasteiger partial charge < -0.3 is 14.9 Å². The van der Waals surface area contributed by atoms with Crippen molar-refractivity contribution in [2.75, 3.05) is 0 Å². The van der Waals surface area contributed by atoms with E-state index in [1.165, 1.54) is 0 Å². The quantitative estimate of drug-likeness (QED) is 0.385. The summed E-state index contributed by atoms with van der Waals surface area (Å²) in [5.41, 5.74) is -1.75. The lowest BCUT2D eigenvalue weighted by molar-refractivity contribution is -0.175. The molecule has 6 nitrogen and oxygen atoms in total. The first-order valence-electron chi connectivity index (χ1n) is 12.2. The Morgan fingerprint density at radius 1 is 1.14 bits per heavy atom. The maximum Gasteiger partial charge on any atom is 0.303 e. The van der Waals surface area contributed by atoms with Crippen molar-refractivity contribution in [3.8, 4) is 0 Å². The smallest absolute Gasteiger partial charge is 0.303 e. The number of ketones is 2. The molecule has 36 heavy (non-hydrogen) atoms. The van der Waals surface area contributed by atoms with Crippen LogP contribution in [0.15, 0.2) is 24.8 Å². The maximum atomic E-state index is 13.0. The van der Waals surface area contributed by atoms with Crippen molar-refractivity contribution in [1.29, 1.82) is 0 Å². The van der Waals surface area contributed by atoms with Crippen LogP contribution in [0, 0.1) is 28.1 Å². The van der Waals surface area contributed by atoms with Crippen molar-refractivity contribution in [3.63, 3.8) is 0 Å². The largest absolute Gasteiger partial charge is 0.481 e. The molecule has 2 N–H and O–H groups in total. The lowest BCUT2D eigenvalue weighted by Gasteiger charge is -2.64. The third kappa shape index (κ3) is 3.90. The van der Waals surface area contributed by atoms with Gasteiger partial charge in [-0.15, -0.1) is 13.2 Å². The lowest BCUT2D eigenvalue weighted by Crippen LogP contribution is -2.68. The molecule has 0 unspecified atom stereocenters. The summed E-state index contributed by atoms with van der Waals surface area (Å²) in [5.74, 6) is -0.858. The van der Waals surface area contributed by atoms with E-state index in [2.05, 4.69) is 33.9 Å². The third-order valence-corrected chi connectivity index (χ3v) is 10.7. The SMILES string of the molecule is C=C.CC(=O)[C@@H]1CC2=CC(=O)CC[C@]2(C)[C@@]23O[C@@H]2C[C@@]2(C)[C@@H](CC[C@@]2(O)CCC(=O)O)[C@]13C.S.S.S. The van der Waals surface area contributed by atoms with Gasteiger partial charge in [-0.1, -0.05) is 26.3 Å². The number of fused-ring (bicyclic) bond motifs is 3. The van der Waals surface area contributed by atoms with Crippen LogP contribution in [0.25, 0.3) is 0 Å². The minimum atomic E-state index is -1.07. The summed E-state index contributed by atoms with van der Waals surface area (Å²) in [7, 11) is 0. The molecule has 0 amide bonds. The van der Waals surface area contributed by atoms with Gasteiger partial charge in [0.05, 0.1) is 11.7 Å². The number of aliphatic hydroxyl groups is 1. The van der Waals surface area contributed by atoms with Gasteiger partial charge in [-0.3, -0.25) is 14.4 Å². The Labute approximate surface area is 236 Å². The fraction of sp³-hybridized carbons (Fsp3) is 0.741. The summed E-state index contributed by atoms with van der Waals surface area (Å²) < 4.78 is 6.65. The topological polar surface area (TPSA) is 104 Å². The Morgan fingerprint density at radius 2 is 1.75 bits per heavy atom. The molecule has 3 saturated carbocycles. The van der Waals surface area contributed by atoms with Gasteiger partial charge in [-0.2, -0.15) is 40.5 Å². The highest BCUT2D eigenvalue weighted by Crippen LogP contribution is 2.82. The van der Waals surface area contributed by atoms with E-state index in [1.54, 1.807) is 13.0 Å². The van der Waals surface area contributed by atoms with Crippen LogP contribution in [-0.2, 0) is 19.1 Å². The molecule has 4 fully saturated rings. The number of carboxylic acid groups (broad SMARTS) is 1. The summed E-state index contributed by atoms with van der Waals surface area (Å²) in [6.07, 6.45) is 5.67. The standard InChI is InChI=1S/C25H34O6.C2H4.3H2S/c1-14(26)17-12-15-11-16(27)5-8-21(15,2)25-19(31-25)13-22(3)18(23(17,25)4)6-9-24(22,30)10-7-20(28)29;1-2;;;/h11,17-19,30H,5-10,12-13H2,1-4H3,(H,28,29);1-2H2;3*1H2/t17-,18+,19+,21-,22-,23-,24+,25-;;;;/m0..../s1. The minimum Gasteiger partial charge on any atom is -0.481 e. The van der Waals surface area contributed by atoms with E-state index in [-0.39, 0.29) is 88.2 Å². The molecule has 206 valence electrons. The van der Waals surface area contributed by atoms with Crippen LogP contribution in [-0.4, -0.2) is 45.1 Å². The van der Waals surface area contributed by atoms with Crippen molar-refractivity contribution in [2.24, 2.45) is 28.1 Å². The molecule has 1 aliphatic heterocycles. The zero-order valence-electron chi connectivity index (χ0n) is 21.9. The summed E-state index contributed by atoms with van der Waals surface area (Å²) in [5, 5.41) is 21.0. The van der Waals surface area contributed by atoms with Crippen LogP contribution in [0.1, 0.15) is 79.1 Å². The average molecular weight is 561 g/mol. The van der Waals surface area contributed by atoms with Crippen molar-refractivity contribution >= 4 is 58.0 Å². The molecule has 0 bridgehead atoms. The van der Waals surface area contributed by atoms with Crippen LogP contribution in [0.3, 0.4) is 0 Å². The first-order valence-corrected chi connectivity index (χ1v) is 12.2. The van der Waals surface area contributed by atoms with Crippen LogP contribution in [0.5, 0.6) is 0 Å². The van der Waals surface area contributed by atoms with Gasteiger partial charge in [0.2, 0.25) is 0 Å². The fourth-order valence-corrected chi connectivity index (χ4v) is 9.07. The second kappa shape index (κ2) is 10.4. The predicted octanol–water partition coefficient (Wildman–Crippen LogP) is 4.59. The van der Waals surface area contributed by atoms with E-state index in [1.807, 2.05) is 0 Å². The number of ether oxygens (including phenoxy) is 1. The second-order valence-electron chi connectivity index (χ2n) is 11.6. The Bertz CT molecular complexity index is 954. The van der Waals surface area contributed by atoms with Gasteiger partial charge in [0.25, 0.3) is 0 Å². The number of rotatable bonds is 4. The Hall–Kier alpha value is -0.740. The zero-order valence-corrected chi connectivity index (χ0v) is 24.9. The summed E-state index contributed by atoms with van der Waals surface area (Å²) in [6.45, 7) is 14.2. The van der Waals surface area contributed by atoms with Crippen LogP contribution in [0.4, 0.5) is 0 Å². The Kier molecular flexibility index (Phi) is 9.65. The monoisotopic (exact) mass is 560 g/mol. The molecule has 4 aliphatic carbocycles. The van der Waals surface area contributed by atoms with Crippen LogP contribution < -0.4 is 0 Å². The van der Waals surface area contributed by atoms with Crippen LogP contribution >= 0.6 is 40.5 Å². The minimum absolute atomic E-state index is 0. The molecule has 8 atom stereocenters. The Morgan fingerprint density at radius 3 is 2.31 bits per heavy atom. The molecule has 1 saturated heterocycles. The molecule has 0 aromatic rings. The van der Waals surface area contributed by atoms with E-state index in [9.17, 15) is 24.6 Å². The number of hydrogen-bond acceptors (Lipinski definition) is 5. The number of carboxylic acids is 1. The molecule has 1 spiro atoms. The van der Waals surface area contributed by atoms with Gasteiger partial charge >= 0.3 is 5.97 Å². The molecular weight excluding hydrogens is 516 g/mol. The molecule has 0 aromatic heterocycles. The molecular formula is C27H44O6S3. The highest BCUT2D eigenvalue weighted by Gasteiger charge is 2.86. The number of carbonyl (C=O) groups excluding carboxylic acids is 2. The number of carbonyl (C=O) groups is 3. The first-order chi connectivity index (χ1) is 15.4. The third-order valence-electron chi connectivity index (χ3n) is 10.7. The van der Waals surface area contributed by atoms with Crippen molar-refractivity contribution < 1.29 is 29.3 Å². The van der Waals surface area contributed by atoms with E-state index >= 15 is 0 Å². The van der Waals surface area contributed by atoms with Gasteiger partial charge in [-0.25, -0.2) is 0 Å². The lowest BCUT2D eigenvalue weighted by atomic mass is 9.37. The van der Waals surface area contributed by atoms with E-state index in [4.69, 9.17) is 4.74 Å². The number of hydrogen-bond donors (Lipinski definition) is 2. The van der Waals surface area contributed by atoms with Crippen molar-refractivity contribution in [3.05, 3.63) is 24.8 Å². The maximum absolute atomic E-state index is 13.0. The molecule has 1 heterocycles. The van der Waals surface area contributed by atoms with Gasteiger partial charge in [0.1, 0.15) is 11.4 Å². The Balaban J connectivity index is 0.00000127. The first kappa shape index (κ1) is 33.3. The molecule has 0 aromatic carbocycles. The summed E-state index contributed by atoms with van der Waals surface area (Å²) in [6, 6.07) is 0. The van der Waals surface area contributed by atoms with E-state index < -0.39 is 28.0 Å². The highest BCUT2D eigenvalue weighted by atomic mass is 32.1. The summed E-state index contributed by atoms with van der Waals surface area (Å²) >= 11 is 0.